The standard InChI is InChI=1S/C8H20OSi/c1-4-5-6-9-7-8-10(2)3/h10H,4-8H2,1-3H3. The fraction of sp³-hybridized carbons (Fsp3) is 1.00. The summed E-state index contributed by atoms with van der Waals surface area (Å²) in [4.78, 5) is 0. The van der Waals surface area contributed by atoms with Gasteiger partial charge in [-0.05, 0) is 12.5 Å². The molecular weight excluding hydrogens is 140 g/mol. The fourth-order valence-corrected chi connectivity index (χ4v) is 1.31. The van der Waals surface area contributed by atoms with E-state index in [1.165, 1.54) is 18.9 Å². The molecule has 0 aromatic carbocycles. The van der Waals surface area contributed by atoms with Crippen molar-refractivity contribution in [3.8, 4) is 0 Å². The molecule has 62 valence electrons. The van der Waals surface area contributed by atoms with Gasteiger partial charge >= 0.3 is 0 Å². The molecule has 0 rings (SSSR count). The highest BCUT2D eigenvalue weighted by Crippen LogP contribution is 1.93. The first-order valence-corrected chi connectivity index (χ1v) is 7.47. The van der Waals surface area contributed by atoms with Crippen LogP contribution in [0.3, 0.4) is 0 Å². The van der Waals surface area contributed by atoms with Crippen molar-refractivity contribution in [3.63, 3.8) is 0 Å². The van der Waals surface area contributed by atoms with Gasteiger partial charge in [0.15, 0.2) is 0 Å². The molecule has 0 aliphatic heterocycles. The topological polar surface area (TPSA) is 9.23 Å². The van der Waals surface area contributed by atoms with Crippen molar-refractivity contribution >= 4 is 8.80 Å². The SMILES string of the molecule is CCCCOCC[SiH](C)C. The molecule has 0 unspecified atom stereocenters. The quantitative estimate of drug-likeness (QED) is 0.428. The third kappa shape index (κ3) is 8.18. The van der Waals surface area contributed by atoms with Crippen molar-refractivity contribution < 1.29 is 4.74 Å². The van der Waals surface area contributed by atoms with Crippen LogP contribution in [0, 0.1) is 0 Å². The van der Waals surface area contributed by atoms with E-state index in [1.807, 2.05) is 0 Å². The van der Waals surface area contributed by atoms with Crippen molar-refractivity contribution in [3.05, 3.63) is 0 Å². The number of rotatable bonds is 6. The third-order valence-electron chi connectivity index (χ3n) is 1.48. The van der Waals surface area contributed by atoms with Crippen molar-refractivity contribution in [1.82, 2.24) is 0 Å². The van der Waals surface area contributed by atoms with Crippen LogP contribution in [0.25, 0.3) is 0 Å². The van der Waals surface area contributed by atoms with Gasteiger partial charge in [-0.15, -0.1) is 0 Å². The normalized spacial score (nSPS) is 10.8. The third-order valence-corrected chi connectivity index (χ3v) is 2.87. The Bertz CT molecular complexity index is 64.3. The van der Waals surface area contributed by atoms with Crippen molar-refractivity contribution in [1.29, 1.82) is 0 Å². The lowest BCUT2D eigenvalue weighted by molar-refractivity contribution is 0.144. The molecule has 0 amide bonds. The Labute approximate surface area is 66.4 Å². The van der Waals surface area contributed by atoms with Crippen LogP contribution in [-0.4, -0.2) is 22.0 Å². The van der Waals surface area contributed by atoms with E-state index in [0.717, 1.165) is 13.2 Å². The zero-order valence-electron chi connectivity index (χ0n) is 7.52. The molecule has 10 heavy (non-hydrogen) atoms. The van der Waals surface area contributed by atoms with Gasteiger partial charge in [-0.25, -0.2) is 0 Å². The fourth-order valence-electron chi connectivity index (χ4n) is 0.667. The summed E-state index contributed by atoms with van der Waals surface area (Å²) in [5, 5.41) is 0. The van der Waals surface area contributed by atoms with Crippen LogP contribution < -0.4 is 0 Å². The highest BCUT2D eigenvalue weighted by molar-refractivity contribution is 6.55. The second-order valence-corrected chi connectivity index (χ2v) is 6.51. The van der Waals surface area contributed by atoms with Crippen LogP contribution in [0.2, 0.25) is 19.1 Å². The van der Waals surface area contributed by atoms with Crippen molar-refractivity contribution in [2.45, 2.75) is 38.9 Å². The zero-order valence-corrected chi connectivity index (χ0v) is 8.68. The van der Waals surface area contributed by atoms with Gasteiger partial charge in [0.2, 0.25) is 0 Å². The van der Waals surface area contributed by atoms with Gasteiger partial charge in [-0.3, -0.25) is 0 Å². The largest absolute Gasteiger partial charge is 0.382 e. The smallest absolute Gasteiger partial charge is 0.0465 e. The van der Waals surface area contributed by atoms with Gasteiger partial charge in [0.05, 0.1) is 0 Å². The Morgan fingerprint density at radius 2 is 1.90 bits per heavy atom. The molecule has 0 radical (unpaired) electrons. The van der Waals surface area contributed by atoms with E-state index in [2.05, 4.69) is 20.0 Å². The van der Waals surface area contributed by atoms with Crippen LogP contribution in [-0.2, 0) is 4.74 Å². The Hall–Kier alpha value is 0.177. The average molecular weight is 160 g/mol. The molecule has 0 spiro atoms. The minimum Gasteiger partial charge on any atom is -0.382 e. The van der Waals surface area contributed by atoms with E-state index < -0.39 is 0 Å². The van der Waals surface area contributed by atoms with E-state index in [0.29, 0.717) is 0 Å². The molecule has 0 fully saturated rings. The van der Waals surface area contributed by atoms with Gasteiger partial charge in [0.25, 0.3) is 0 Å². The van der Waals surface area contributed by atoms with E-state index in [4.69, 9.17) is 4.74 Å². The first-order valence-electron chi connectivity index (χ1n) is 4.35. The zero-order chi connectivity index (χ0) is 7.82. The summed E-state index contributed by atoms with van der Waals surface area (Å²) < 4.78 is 5.42. The predicted octanol–water partition coefficient (Wildman–Crippen LogP) is 2.29. The van der Waals surface area contributed by atoms with Crippen molar-refractivity contribution in [2.75, 3.05) is 13.2 Å². The molecule has 0 aromatic heterocycles. The number of hydrogen-bond donors (Lipinski definition) is 0. The van der Waals surface area contributed by atoms with Crippen LogP contribution in [0.1, 0.15) is 19.8 Å². The summed E-state index contributed by atoms with van der Waals surface area (Å²) in [5.74, 6) is 0. The van der Waals surface area contributed by atoms with Crippen LogP contribution in [0.15, 0.2) is 0 Å². The summed E-state index contributed by atoms with van der Waals surface area (Å²) in [6, 6.07) is 1.34. The minimum atomic E-state index is -0.347. The van der Waals surface area contributed by atoms with E-state index in [9.17, 15) is 0 Å². The van der Waals surface area contributed by atoms with Gasteiger partial charge in [-0.2, -0.15) is 0 Å². The number of unbranched alkanes of at least 4 members (excludes halogenated alkanes) is 1. The highest BCUT2D eigenvalue weighted by Gasteiger charge is 1.93. The Kier molecular flexibility index (Phi) is 7.41. The summed E-state index contributed by atoms with van der Waals surface area (Å²) in [7, 11) is -0.347. The average Bonchev–Trinajstić information content (AvgIpc) is 1.87. The second kappa shape index (κ2) is 7.29. The molecule has 0 aromatic rings. The Balaban J connectivity index is 2.77. The molecule has 0 aliphatic carbocycles. The summed E-state index contributed by atoms with van der Waals surface area (Å²) in [5.41, 5.74) is 0. The highest BCUT2D eigenvalue weighted by atomic mass is 28.3. The number of ether oxygens (including phenoxy) is 1. The van der Waals surface area contributed by atoms with Gasteiger partial charge in [-0.1, -0.05) is 26.4 Å². The molecule has 2 heteroatoms. The lowest BCUT2D eigenvalue weighted by Gasteiger charge is -2.03. The van der Waals surface area contributed by atoms with Gasteiger partial charge in [0.1, 0.15) is 0 Å². The molecular formula is C8H20OSi. The lowest BCUT2D eigenvalue weighted by atomic mass is 10.4. The van der Waals surface area contributed by atoms with Crippen LogP contribution in [0.4, 0.5) is 0 Å². The lowest BCUT2D eigenvalue weighted by Crippen LogP contribution is -2.05. The summed E-state index contributed by atoms with van der Waals surface area (Å²) >= 11 is 0. The second-order valence-electron chi connectivity index (χ2n) is 3.15. The van der Waals surface area contributed by atoms with Crippen LogP contribution >= 0.6 is 0 Å². The van der Waals surface area contributed by atoms with Crippen molar-refractivity contribution in [2.24, 2.45) is 0 Å². The minimum absolute atomic E-state index is 0.347. The molecule has 0 N–H and O–H groups in total. The maximum absolute atomic E-state index is 5.42. The monoisotopic (exact) mass is 160 g/mol. The molecule has 0 saturated heterocycles. The number of hydrogen-bond acceptors (Lipinski definition) is 1. The summed E-state index contributed by atoms with van der Waals surface area (Å²) in [6.45, 7) is 8.90. The van der Waals surface area contributed by atoms with E-state index in [-0.39, 0.29) is 8.80 Å². The van der Waals surface area contributed by atoms with Gasteiger partial charge in [0, 0.05) is 22.0 Å². The molecule has 0 atom stereocenters. The maximum Gasteiger partial charge on any atom is 0.0465 e. The first-order chi connectivity index (χ1) is 4.77. The predicted molar refractivity (Wildman–Crippen MR) is 49.4 cm³/mol. The molecule has 0 saturated carbocycles. The molecule has 0 bridgehead atoms. The maximum atomic E-state index is 5.42. The van der Waals surface area contributed by atoms with Crippen LogP contribution in [0.5, 0.6) is 0 Å². The molecule has 0 aliphatic rings. The first kappa shape index (κ1) is 10.2. The Morgan fingerprint density at radius 1 is 1.20 bits per heavy atom. The van der Waals surface area contributed by atoms with E-state index in [1.54, 1.807) is 0 Å². The van der Waals surface area contributed by atoms with Gasteiger partial charge < -0.3 is 4.74 Å². The Morgan fingerprint density at radius 3 is 2.40 bits per heavy atom. The molecule has 1 nitrogen and oxygen atoms in total. The summed E-state index contributed by atoms with van der Waals surface area (Å²) in [6.07, 6.45) is 2.47. The van der Waals surface area contributed by atoms with E-state index >= 15 is 0 Å². The molecule has 0 heterocycles.